The van der Waals surface area contributed by atoms with Crippen LogP contribution in [-0.2, 0) is 9.53 Å². The van der Waals surface area contributed by atoms with Gasteiger partial charge in [0.2, 0.25) is 0 Å². The van der Waals surface area contributed by atoms with E-state index in [-0.39, 0.29) is 17.9 Å². The van der Waals surface area contributed by atoms with Crippen LogP contribution in [0.4, 0.5) is 10.5 Å². The summed E-state index contributed by atoms with van der Waals surface area (Å²) < 4.78 is 5.04. The van der Waals surface area contributed by atoms with Crippen LogP contribution in [0, 0.1) is 10.1 Å². The van der Waals surface area contributed by atoms with E-state index in [9.17, 15) is 19.7 Å². The first-order valence-electron chi connectivity index (χ1n) is 6.74. The molecule has 2 amide bonds. The molecule has 0 saturated carbocycles. The maximum absolute atomic E-state index is 12.2. The highest BCUT2D eigenvalue weighted by Gasteiger charge is 2.32. The number of hydrogen-bond donors (Lipinski definition) is 2. The zero-order valence-corrected chi connectivity index (χ0v) is 12.4. The Labute approximate surface area is 132 Å². The SMILES string of the molecule is C=CCOC(=O)C1=C(C)NC(=O)N[C@@H]1c1ccc([N+](=O)[O-])cc1. The molecular weight excluding hydrogens is 302 g/mol. The van der Waals surface area contributed by atoms with Crippen molar-refractivity contribution in [3.63, 3.8) is 0 Å². The highest BCUT2D eigenvalue weighted by molar-refractivity contribution is 5.95. The third-order valence-corrected chi connectivity index (χ3v) is 3.26. The Morgan fingerprint density at radius 3 is 2.65 bits per heavy atom. The number of hydrogen-bond acceptors (Lipinski definition) is 5. The molecule has 0 aromatic heterocycles. The quantitative estimate of drug-likeness (QED) is 0.373. The van der Waals surface area contributed by atoms with E-state index in [2.05, 4.69) is 17.2 Å². The molecule has 23 heavy (non-hydrogen) atoms. The number of esters is 1. The van der Waals surface area contributed by atoms with Crippen molar-refractivity contribution < 1.29 is 19.2 Å². The van der Waals surface area contributed by atoms with Gasteiger partial charge in [0.1, 0.15) is 6.61 Å². The van der Waals surface area contributed by atoms with Gasteiger partial charge in [-0.2, -0.15) is 0 Å². The number of allylic oxidation sites excluding steroid dienone is 1. The minimum Gasteiger partial charge on any atom is -0.458 e. The molecule has 0 spiro atoms. The van der Waals surface area contributed by atoms with Gasteiger partial charge in [-0.3, -0.25) is 10.1 Å². The van der Waals surface area contributed by atoms with E-state index in [0.29, 0.717) is 11.3 Å². The van der Waals surface area contributed by atoms with Crippen molar-refractivity contribution in [2.75, 3.05) is 6.61 Å². The van der Waals surface area contributed by atoms with E-state index in [4.69, 9.17) is 4.74 Å². The molecule has 1 heterocycles. The number of nitrogens with one attached hydrogen (secondary N) is 2. The van der Waals surface area contributed by atoms with Gasteiger partial charge in [-0.15, -0.1) is 0 Å². The number of rotatable bonds is 5. The van der Waals surface area contributed by atoms with Crippen LogP contribution in [0.1, 0.15) is 18.5 Å². The van der Waals surface area contributed by atoms with Crippen molar-refractivity contribution in [2.45, 2.75) is 13.0 Å². The smallest absolute Gasteiger partial charge is 0.338 e. The lowest BCUT2D eigenvalue weighted by atomic mass is 9.95. The standard InChI is InChI=1S/C15H15N3O5/c1-3-8-23-14(19)12-9(2)16-15(20)17-13(12)10-4-6-11(7-5-10)18(21)22/h3-7,13H,1,8H2,2H3,(H2,16,17,20)/t13-/m1/s1. The molecule has 1 aromatic carbocycles. The number of nitrogens with zero attached hydrogens (tertiary/aromatic N) is 1. The van der Waals surface area contributed by atoms with Crippen LogP contribution >= 0.6 is 0 Å². The predicted molar refractivity (Wildman–Crippen MR) is 81.4 cm³/mol. The van der Waals surface area contributed by atoms with Gasteiger partial charge in [0, 0.05) is 17.8 Å². The highest BCUT2D eigenvalue weighted by atomic mass is 16.6. The normalized spacial score (nSPS) is 17.1. The van der Waals surface area contributed by atoms with Crippen LogP contribution in [0.3, 0.4) is 0 Å². The van der Waals surface area contributed by atoms with E-state index in [1.165, 1.54) is 30.3 Å². The summed E-state index contributed by atoms with van der Waals surface area (Å²) in [7, 11) is 0. The number of benzene rings is 1. The fourth-order valence-corrected chi connectivity index (χ4v) is 2.22. The number of nitro benzene ring substituents is 1. The third-order valence-electron chi connectivity index (χ3n) is 3.26. The second-order valence-electron chi connectivity index (χ2n) is 4.81. The molecule has 0 aliphatic carbocycles. The van der Waals surface area contributed by atoms with E-state index in [1.807, 2.05) is 0 Å². The summed E-state index contributed by atoms with van der Waals surface area (Å²) in [5, 5.41) is 15.8. The van der Waals surface area contributed by atoms with E-state index >= 15 is 0 Å². The Kier molecular flexibility index (Phi) is 4.75. The lowest BCUT2D eigenvalue weighted by molar-refractivity contribution is -0.384. The second-order valence-corrected chi connectivity index (χ2v) is 4.81. The van der Waals surface area contributed by atoms with Gasteiger partial charge in [0.05, 0.1) is 16.5 Å². The zero-order chi connectivity index (χ0) is 17.0. The zero-order valence-electron chi connectivity index (χ0n) is 12.4. The van der Waals surface area contributed by atoms with Gasteiger partial charge in [-0.05, 0) is 24.6 Å². The van der Waals surface area contributed by atoms with E-state index < -0.39 is 23.0 Å². The average molecular weight is 317 g/mol. The first-order chi connectivity index (χ1) is 10.9. The number of non-ortho nitro benzene ring substituents is 1. The van der Waals surface area contributed by atoms with Crippen molar-refractivity contribution in [1.29, 1.82) is 0 Å². The van der Waals surface area contributed by atoms with Crippen molar-refractivity contribution in [2.24, 2.45) is 0 Å². The summed E-state index contributed by atoms with van der Waals surface area (Å²) in [5.74, 6) is -0.599. The summed E-state index contributed by atoms with van der Waals surface area (Å²) in [6.45, 7) is 5.09. The Morgan fingerprint density at radius 2 is 2.09 bits per heavy atom. The van der Waals surface area contributed by atoms with Gasteiger partial charge >= 0.3 is 12.0 Å². The van der Waals surface area contributed by atoms with Crippen LogP contribution in [-0.4, -0.2) is 23.5 Å². The van der Waals surface area contributed by atoms with Crippen LogP contribution in [0.5, 0.6) is 0 Å². The van der Waals surface area contributed by atoms with E-state index in [1.54, 1.807) is 6.92 Å². The van der Waals surface area contributed by atoms with E-state index in [0.717, 1.165) is 0 Å². The lowest BCUT2D eigenvalue weighted by Crippen LogP contribution is -2.45. The summed E-state index contributed by atoms with van der Waals surface area (Å²) >= 11 is 0. The number of nitro groups is 1. The first-order valence-corrected chi connectivity index (χ1v) is 6.74. The molecule has 120 valence electrons. The average Bonchev–Trinajstić information content (AvgIpc) is 2.52. The fourth-order valence-electron chi connectivity index (χ4n) is 2.22. The molecule has 2 rings (SSSR count). The maximum Gasteiger partial charge on any atom is 0.338 e. The molecule has 0 radical (unpaired) electrons. The third kappa shape index (κ3) is 3.54. The maximum atomic E-state index is 12.2. The fraction of sp³-hybridized carbons (Fsp3) is 0.200. The largest absolute Gasteiger partial charge is 0.458 e. The number of amides is 2. The number of carbonyl (C=O) groups excluding carboxylic acids is 2. The van der Waals surface area contributed by atoms with Gasteiger partial charge in [-0.1, -0.05) is 12.7 Å². The molecule has 1 aromatic rings. The molecule has 1 aliphatic rings. The topological polar surface area (TPSA) is 111 Å². The van der Waals surface area contributed by atoms with Crippen LogP contribution in [0.15, 0.2) is 48.2 Å². The predicted octanol–water partition coefficient (Wildman–Crippen LogP) is 1.95. The molecule has 0 unspecified atom stereocenters. The minimum atomic E-state index is -0.748. The Hall–Kier alpha value is -3.16. The Bertz CT molecular complexity index is 694. The Balaban J connectivity index is 2.37. The molecule has 0 fully saturated rings. The molecule has 1 atom stereocenters. The Morgan fingerprint density at radius 1 is 1.43 bits per heavy atom. The number of ether oxygens (including phenoxy) is 1. The molecule has 2 N–H and O–H groups in total. The van der Waals surface area contributed by atoms with Crippen LogP contribution < -0.4 is 10.6 Å². The summed E-state index contributed by atoms with van der Waals surface area (Å²) in [6.07, 6.45) is 1.43. The second kappa shape index (κ2) is 6.73. The van der Waals surface area contributed by atoms with Gasteiger partial charge in [0.25, 0.3) is 5.69 Å². The number of urea groups is 1. The van der Waals surface area contributed by atoms with Crippen molar-refractivity contribution >= 4 is 17.7 Å². The minimum absolute atomic E-state index is 0.0382. The van der Waals surface area contributed by atoms with Crippen molar-refractivity contribution in [3.8, 4) is 0 Å². The number of carbonyl (C=O) groups is 2. The van der Waals surface area contributed by atoms with Crippen LogP contribution in [0.2, 0.25) is 0 Å². The van der Waals surface area contributed by atoms with Crippen LogP contribution in [0.25, 0.3) is 0 Å². The van der Waals surface area contributed by atoms with Crippen molar-refractivity contribution in [3.05, 3.63) is 63.9 Å². The molecular formula is C15H15N3O5. The van der Waals surface area contributed by atoms with Crippen molar-refractivity contribution in [1.82, 2.24) is 10.6 Å². The summed E-state index contributed by atoms with van der Waals surface area (Å²) in [4.78, 5) is 34.1. The monoisotopic (exact) mass is 317 g/mol. The summed E-state index contributed by atoms with van der Waals surface area (Å²) in [5.41, 5.74) is 1.06. The molecule has 0 saturated heterocycles. The summed E-state index contributed by atoms with van der Waals surface area (Å²) in [6, 6.07) is 4.38. The molecule has 8 heteroatoms. The molecule has 8 nitrogen and oxygen atoms in total. The molecule has 0 bridgehead atoms. The van der Waals surface area contributed by atoms with Gasteiger partial charge in [-0.25, -0.2) is 9.59 Å². The van der Waals surface area contributed by atoms with Gasteiger partial charge < -0.3 is 15.4 Å². The first kappa shape index (κ1) is 16.2. The van der Waals surface area contributed by atoms with Gasteiger partial charge in [0.15, 0.2) is 0 Å². The molecule has 1 aliphatic heterocycles. The highest BCUT2D eigenvalue weighted by Crippen LogP contribution is 2.28. The lowest BCUT2D eigenvalue weighted by Gasteiger charge is -2.28.